The molecule has 3 N–H and O–H groups in total. The van der Waals surface area contributed by atoms with Gasteiger partial charge in [0.05, 0.1) is 39.5 Å². The molecule has 1 aliphatic carbocycles. The van der Waals surface area contributed by atoms with Gasteiger partial charge in [-0.25, -0.2) is 9.49 Å². The number of benzene rings is 1. The third-order valence-electron chi connectivity index (χ3n) is 5.83. The van der Waals surface area contributed by atoms with Crippen molar-refractivity contribution in [1.82, 2.24) is 20.0 Å². The van der Waals surface area contributed by atoms with Crippen LogP contribution in [-0.4, -0.2) is 32.3 Å². The molecule has 3 aromatic rings. The van der Waals surface area contributed by atoms with Gasteiger partial charge in [-0.1, -0.05) is 17.7 Å². The molecule has 0 saturated heterocycles. The Bertz CT molecular complexity index is 1550. The number of aromatic amines is 1. The van der Waals surface area contributed by atoms with Gasteiger partial charge >= 0.3 is 6.18 Å². The summed E-state index contributed by atoms with van der Waals surface area (Å²) < 4.78 is 58.9. The van der Waals surface area contributed by atoms with Crippen molar-refractivity contribution in [3.8, 4) is 17.2 Å². The summed E-state index contributed by atoms with van der Waals surface area (Å²) in [5.74, 6) is -2.01. The van der Waals surface area contributed by atoms with Gasteiger partial charge in [0, 0.05) is 30.6 Å². The summed E-state index contributed by atoms with van der Waals surface area (Å²) in [6.45, 7) is 0.0730. The van der Waals surface area contributed by atoms with E-state index >= 15 is 0 Å². The van der Waals surface area contributed by atoms with Crippen molar-refractivity contribution >= 4 is 28.4 Å². The number of nitriles is 1. The third kappa shape index (κ3) is 5.42. The Morgan fingerprint density at radius 1 is 1.41 bits per heavy atom. The minimum absolute atomic E-state index is 0.0311. The molecule has 0 bridgehead atoms. The fourth-order valence-corrected chi connectivity index (χ4v) is 3.92. The van der Waals surface area contributed by atoms with Crippen molar-refractivity contribution in [3.63, 3.8) is 0 Å². The van der Waals surface area contributed by atoms with Gasteiger partial charge in [0.25, 0.3) is 5.56 Å². The smallest absolute Gasteiger partial charge is 0.395 e. The van der Waals surface area contributed by atoms with Gasteiger partial charge in [-0.05, 0) is 30.2 Å². The molecular weight excluding hydrogens is 516 g/mol. The van der Waals surface area contributed by atoms with E-state index in [1.54, 1.807) is 25.2 Å². The van der Waals surface area contributed by atoms with E-state index in [0.717, 1.165) is 6.08 Å². The summed E-state index contributed by atoms with van der Waals surface area (Å²) in [6.07, 6.45) is -2.13. The van der Waals surface area contributed by atoms with Gasteiger partial charge < -0.3 is 10.5 Å². The number of hydrogen-bond acceptors (Lipinski definition) is 6. The lowest BCUT2D eigenvalue weighted by atomic mass is 10.0. The average Bonchev–Trinajstić information content (AvgIpc) is 3.57. The first-order chi connectivity index (χ1) is 17.6. The number of fused-ring (bicyclic) bond motifs is 1. The lowest BCUT2D eigenvalue weighted by Crippen LogP contribution is -2.15. The SMILES string of the molecule is Cn1ncc(-c2ccc3c(=O)[nH]nc(CN)c3c2)c1/C=C(C#N)/C(=C\C(Cl)=C\F)O[C@@H]1C[C@@H]1C(F)(F)F. The molecule has 0 radical (unpaired) electrons. The van der Waals surface area contributed by atoms with E-state index < -0.39 is 28.8 Å². The van der Waals surface area contributed by atoms with Gasteiger partial charge in [0.2, 0.25) is 0 Å². The van der Waals surface area contributed by atoms with Gasteiger partial charge in [-0.15, -0.1) is 0 Å². The van der Waals surface area contributed by atoms with Crippen LogP contribution in [0.3, 0.4) is 0 Å². The zero-order valence-corrected chi connectivity index (χ0v) is 19.9. The Morgan fingerprint density at radius 3 is 2.78 bits per heavy atom. The molecule has 1 aliphatic rings. The Hall–Kier alpha value is -3.95. The first-order valence-electron chi connectivity index (χ1n) is 10.8. The molecule has 2 atom stereocenters. The number of alkyl halides is 3. The summed E-state index contributed by atoms with van der Waals surface area (Å²) in [5.41, 5.74) is 7.17. The standard InChI is InChI=1S/C24H19ClF4N6O2/c1-35-20(5-13(9-30)21(6-14(25)8-26)37-22-7-18(22)24(27,28)29)17(11-32-35)12-2-3-15-16(4-12)19(10-31)33-34-23(15)36/h2-6,8,11,18,22H,7,10,31H2,1H3,(H,34,36)/b13-5+,14-8-,21-6+/t18-,22+/m0/s1. The summed E-state index contributed by atoms with van der Waals surface area (Å²) >= 11 is 5.74. The highest BCUT2D eigenvalue weighted by atomic mass is 35.5. The van der Waals surface area contributed by atoms with Crippen LogP contribution in [0.25, 0.3) is 28.0 Å². The fourth-order valence-electron chi connectivity index (χ4n) is 3.82. The van der Waals surface area contributed by atoms with Crippen LogP contribution in [0.2, 0.25) is 0 Å². The van der Waals surface area contributed by atoms with Crippen molar-refractivity contribution < 1.29 is 22.3 Å². The van der Waals surface area contributed by atoms with Crippen LogP contribution in [-0.2, 0) is 18.3 Å². The maximum Gasteiger partial charge on any atom is 0.395 e. The second-order valence-corrected chi connectivity index (χ2v) is 8.68. The molecule has 2 heterocycles. The number of allylic oxidation sites excluding steroid dienone is 3. The average molecular weight is 535 g/mol. The van der Waals surface area contributed by atoms with Gasteiger partial charge in [-0.3, -0.25) is 9.48 Å². The number of hydrogen-bond donors (Lipinski definition) is 2. The zero-order valence-electron chi connectivity index (χ0n) is 19.2. The van der Waals surface area contributed by atoms with Gasteiger partial charge in [0.1, 0.15) is 24.3 Å². The number of nitrogens with zero attached hydrogens (tertiary/aromatic N) is 4. The van der Waals surface area contributed by atoms with Crippen molar-refractivity contribution in [3.05, 3.63) is 74.9 Å². The highest BCUT2D eigenvalue weighted by molar-refractivity contribution is 6.31. The predicted molar refractivity (Wildman–Crippen MR) is 128 cm³/mol. The minimum Gasteiger partial charge on any atom is -0.488 e. The maximum atomic E-state index is 13.0. The first-order valence-corrected chi connectivity index (χ1v) is 11.2. The molecule has 1 saturated carbocycles. The number of aryl methyl sites for hydroxylation is 1. The molecule has 0 amide bonds. The largest absolute Gasteiger partial charge is 0.488 e. The van der Waals surface area contributed by atoms with Crippen LogP contribution >= 0.6 is 11.6 Å². The molecule has 0 unspecified atom stereocenters. The third-order valence-corrected chi connectivity index (χ3v) is 6.02. The van der Waals surface area contributed by atoms with Crippen molar-refractivity contribution in [2.75, 3.05) is 0 Å². The van der Waals surface area contributed by atoms with Crippen molar-refractivity contribution in [1.29, 1.82) is 5.26 Å². The molecular formula is C24H19ClF4N6O2. The second kappa shape index (κ2) is 10.2. The number of rotatable bonds is 7. The molecule has 13 heteroatoms. The molecule has 0 spiro atoms. The molecule has 1 fully saturated rings. The first kappa shape index (κ1) is 26.1. The van der Waals surface area contributed by atoms with E-state index in [0.29, 0.717) is 33.3 Å². The second-order valence-electron chi connectivity index (χ2n) is 8.24. The number of halogens is 5. The topological polar surface area (TPSA) is 123 Å². The maximum absolute atomic E-state index is 13.0. The number of nitrogens with one attached hydrogen (secondary N) is 1. The van der Waals surface area contributed by atoms with Crippen LogP contribution in [0.5, 0.6) is 0 Å². The fraction of sp³-hybridized carbons (Fsp3) is 0.250. The van der Waals surface area contributed by atoms with Crippen molar-refractivity contribution in [2.45, 2.75) is 25.2 Å². The summed E-state index contributed by atoms with van der Waals surface area (Å²) in [4.78, 5) is 12.2. The Morgan fingerprint density at radius 2 is 2.16 bits per heavy atom. The highest BCUT2D eigenvalue weighted by Crippen LogP contribution is 2.48. The molecule has 0 aliphatic heterocycles. The molecule has 1 aromatic carbocycles. The monoisotopic (exact) mass is 534 g/mol. The van der Waals surface area contributed by atoms with E-state index in [2.05, 4.69) is 15.3 Å². The van der Waals surface area contributed by atoms with E-state index in [1.165, 1.54) is 17.0 Å². The predicted octanol–water partition coefficient (Wildman–Crippen LogP) is 4.59. The molecule has 4 rings (SSSR count). The minimum atomic E-state index is -4.46. The van der Waals surface area contributed by atoms with Crippen LogP contribution in [0.1, 0.15) is 17.8 Å². The number of nitrogens with two attached hydrogens (primary N) is 1. The highest BCUT2D eigenvalue weighted by Gasteiger charge is 2.58. The van der Waals surface area contributed by atoms with E-state index in [9.17, 15) is 27.6 Å². The zero-order chi connectivity index (χ0) is 26.9. The van der Waals surface area contributed by atoms with Crippen LogP contribution in [0.15, 0.2) is 58.0 Å². The van der Waals surface area contributed by atoms with Crippen molar-refractivity contribution in [2.24, 2.45) is 18.7 Å². The number of ether oxygens (including phenoxy) is 1. The lowest BCUT2D eigenvalue weighted by Gasteiger charge is -2.12. The molecule has 192 valence electrons. The summed E-state index contributed by atoms with van der Waals surface area (Å²) in [6, 6.07) is 6.86. The molecule has 2 aromatic heterocycles. The Labute approximate surface area is 212 Å². The summed E-state index contributed by atoms with van der Waals surface area (Å²) in [7, 11) is 1.60. The normalized spacial score (nSPS) is 18.7. The van der Waals surface area contributed by atoms with Gasteiger partial charge in [-0.2, -0.15) is 28.6 Å². The van der Waals surface area contributed by atoms with E-state index in [-0.39, 0.29) is 30.6 Å². The Kier molecular flexibility index (Phi) is 7.20. The van der Waals surface area contributed by atoms with Crippen LogP contribution in [0.4, 0.5) is 17.6 Å². The van der Waals surface area contributed by atoms with Gasteiger partial charge in [0.15, 0.2) is 0 Å². The van der Waals surface area contributed by atoms with E-state index in [1.807, 2.05) is 6.07 Å². The molecule has 8 nitrogen and oxygen atoms in total. The van der Waals surface area contributed by atoms with E-state index in [4.69, 9.17) is 22.1 Å². The number of H-pyrrole nitrogens is 1. The quantitative estimate of drug-likeness (QED) is 0.198. The molecule has 37 heavy (non-hydrogen) atoms. The Balaban J connectivity index is 1.79. The number of aromatic nitrogens is 4. The van der Waals surface area contributed by atoms with Crippen LogP contribution < -0.4 is 11.3 Å². The lowest BCUT2D eigenvalue weighted by molar-refractivity contribution is -0.155. The summed E-state index contributed by atoms with van der Waals surface area (Å²) in [5, 5.41) is 20.9. The van der Waals surface area contributed by atoms with Crippen LogP contribution in [0, 0.1) is 17.2 Å².